The molecule has 1 unspecified atom stereocenters. The minimum atomic E-state index is -0.207. The largest absolute Gasteiger partial charge is 0.352 e. The first kappa shape index (κ1) is 15.9. The van der Waals surface area contributed by atoms with E-state index in [4.69, 9.17) is 0 Å². The summed E-state index contributed by atoms with van der Waals surface area (Å²) in [5, 5.41) is 6.13. The van der Waals surface area contributed by atoms with E-state index in [-0.39, 0.29) is 30.0 Å². The van der Waals surface area contributed by atoms with Gasteiger partial charge < -0.3 is 10.6 Å². The Morgan fingerprint density at radius 1 is 1.53 bits per heavy atom. The Kier molecular flexibility index (Phi) is 6.25. The Bertz CT molecular complexity index is 433. The minimum absolute atomic E-state index is 0. The number of carbonyl (C=O) groups is 1. The Morgan fingerprint density at radius 2 is 2.32 bits per heavy atom. The van der Waals surface area contributed by atoms with Crippen molar-refractivity contribution in [1.82, 2.24) is 10.6 Å². The van der Waals surface area contributed by atoms with E-state index in [1.165, 1.54) is 6.07 Å². The van der Waals surface area contributed by atoms with Gasteiger partial charge in [0.15, 0.2) is 0 Å². The molecule has 1 aromatic carbocycles. The van der Waals surface area contributed by atoms with Crippen LogP contribution in [0.5, 0.6) is 0 Å². The lowest BCUT2D eigenvalue weighted by Crippen LogP contribution is -2.40. The Hall–Kier alpha value is -1.13. The van der Waals surface area contributed by atoms with Gasteiger partial charge in [0.05, 0.1) is 5.92 Å². The van der Waals surface area contributed by atoms with Crippen LogP contribution in [0.25, 0.3) is 0 Å². The van der Waals surface area contributed by atoms with Gasteiger partial charge in [-0.05, 0) is 43.5 Å². The van der Waals surface area contributed by atoms with Crippen molar-refractivity contribution in [3.63, 3.8) is 0 Å². The lowest BCUT2D eigenvalue weighted by Gasteiger charge is -2.21. The molecule has 0 saturated carbocycles. The van der Waals surface area contributed by atoms with E-state index in [9.17, 15) is 9.18 Å². The maximum Gasteiger partial charge on any atom is 0.224 e. The van der Waals surface area contributed by atoms with Gasteiger partial charge in [-0.25, -0.2) is 4.39 Å². The number of halogens is 2. The molecular weight excluding hydrogens is 267 g/mol. The summed E-state index contributed by atoms with van der Waals surface area (Å²) in [6, 6.07) is 4.93. The number of hydrogen-bond acceptors (Lipinski definition) is 2. The number of carbonyl (C=O) groups excluding carboxylic acids is 1. The van der Waals surface area contributed by atoms with E-state index in [1.807, 2.05) is 0 Å². The second-order valence-electron chi connectivity index (χ2n) is 4.84. The summed E-state index contributed by atoms with van der Waals surface area (Å²) >= 11 is 0. The number of amides is 1. The van der Waals surface area contributed by atoms with Crippen LogP contribution in [0, 0.1) is 18.7 Å². The van der Waals surface area contributed by atoms with Crippen molar-refractivity contribution in [2.75, 3.05) is 13.1 Å². The molecule has 19 heavy (non-hydrogen) atoms. The summed E-state index contributed by atoms with van der Waals surface area (Å²) < 4.78 is 13.1. The molecule has 5 heteroatoms. The van der Waals surface area contributed by atoms with Crippen molar-refractivity contribution < 1.29 is 9.18 Å². The third-order valence-electron chi connectivity index (χ3n) is 3.36. The van der Waals surface area contributed by atoms with Crippen molar-refractivity contribution in [2.24, 2.45) is 5.92 Å². The van der Waals surface area contributed by atoms with Gasteiger partial charge >= 0.3 is 0 Å². The van der Waals surface area contributed by atoms with Gasteiger partial charge in [-0.2, -0.15) is 0 Å². The van der Waals surface area contributed by atoms with Gasteiger partial charge in [0, 0.05) is 13.1 Å². The van der Waals surface area contributed by atoms with Crippen LogP contribution in [0.4, 0.5) is 4.39 Å². The van der Waals surface area contributed by atoms with E-state index in [2.05, 4.69) is 10.6 Å². The first-order valence-electron chi connectivity index (χ1n) is 6.40. The summed E-state index contributed by atoms with van der Waals surface area (Å²) in [6.07, 6.45) is 2.00. The third kappa shape index (κ3) is 4.48. The molecule has 3 nitrogen and oxygen atoms in total. The second kappa shape index (κ2) is 7.46. The SMILES string of the molecule is Cc1cc(CNC(=O)C2CCCNC2)ccc1F.Cl. The molecule has 0 bridgehead atoms. The quantitative estimate of drug-likeness (QED) is 0.894. The third-order valence-corrected chi connectivity index (χ3v) is 3.36. The fourth-order valence-electron chi connectivity index (χ4n) is 2.23. The van der Waals surface area contributed by atoms with Gasteiger partial charge in [0.1, 0.15) is 5.82 Å². The van der Waals surface area contributed by atoms with Gasteiger partial charge in [-0.15, -0.1) is 12.4 Å². The number of aryl methyl sites for hydroxylation is 1. The average Bonchev–Trinajstić information content (AvgIpc) is 2.41. The number of benzene rings is 1. The Labute approximate surface area is 119 Å². The smallest absolute Gasteiger partial charge is 0.224 e. The molecule has 1 atom stereocenters. The van der Waals surface area contributed by atoms with Crippen LogP contribution in [0.15, 0.2) is 18.2 Å². The normalized spacial score (nSPS) is 18.5. The van der Waals surface area contributed by atoms with Crippen LogP contribution in [0.3, 0.4) is 0 Å². The Morgan fingerprint density at radius 3 is 2.95 bits per heavy atom. The zero-order valence-corrected chi connectivity index (χ0v) is 11.9. The fraction of sp³-hybridized carbons (Fsp3) is 0.500. The topological polar surface area (TPSA) is 41.1 Å². The molecule has 2 rings (SSSR count). The molecule has 1 amide bonds. The van der Waals surface area contributed by atoms with Gasteiger partial charge in [0.25, 0.3) is 0 Å². The van der Waals surface area contributed by atoms with Crippen LogP contribution in [0.2, 0.25) is 0 Å². The molecule has 0 radical (unpaired) electrons. The molecule has 0 aromatic heterocycles. The first-order chi connectivity index (χ1) is 8.66. The number of rotatable bonds is 3. The van der Waals surface area contributed by atoms with Crippen LogP contribution >= 0.6 is 12.4 Å². The summed E-state index contributed by atoms with van der Waals surface area (Å²) in [5.74, 6) is -0.0500. The van der Waals surface area contributed by atoms with Crippen LogP contribution < -0.4 is 10.6 Å². The van der Waals surface area contributed by atoms with E-state index >= 15 is 0 Å². The highest BCUT2D eigenvalue weighted by atomic mass is 35.5. The van der Waals surface area contributed by atoms with Crippen molar-refractivity contribution in [1.29, 1.82) is 0 Å². The molecule has 1 aliphatic heterocycles. The highest BCUT2D eigenvalue weighted by Crippen LogP contribution is 2.11. The molecule has 1 fully saturated rings. The molecule has 1 heterocycles. The fourth-order valence-corrected chi connectivity index (χ4v) is 2.23. The number of hydrogen-bond donors (Lipinski definition) is 2. The Balaban J connectivity index is 0.00000180. The summed E-state index contributed by atoms with van der Waals surface area (Å²) in [7, 11) is 0. The standard InChI is InChI=1S/C14H19FN2O.ClH/c1-10-7-11(4-5-13(10)15)8-17-14(18)12-3-2-6-16-9-12;/h4-5,7,12,16H,2-3,6,8-9H2,1H3,(H,17,18);1H. The maximum atomic E-state index is 13.1. The van der Waals surface area contributed by atoms with E-state index < -0.39 is 0 Å². The van der Waals surface area contributed by atoms with Crippen molar-refractivity contribution in [3.8, 4) is 0 Å². The molecule has 0 aliphatic carbocycles. The van der Waals surface area contributed by atoms with Crippen molar-refractivity contribution in [2.45, 2.75) is 26.3 Å². The number of nitrogens with one attached hydrogen (secondary N) is 2. The molecule has 106 valence electrons. The predicted octanol–water partition coefficient (Wildman–Crippen LogP) is 2.17. The number of piperidine rings is 1. The van der Waals surface area contributed by atoms with E-state index in [0.29, 0.717) is 12.1 Å². The zero-order valence-electron chi connectivity index (χ0n) is 11.0. The summed E-state index contributed by atoms with van der Waals surface area (Å²) in [4.78, 5) is 11.9. The lowest BCUT2D eigenvalue weighted by atomic mass is 9.99. The maximum absolute atomic E-state index is 13.1. The van der Waals surface area contributed by atoms with Crippen LogP contribution in [-0.4, -0.2) is 19.0 Å². The first-order valence-corrected chi connectivity index (χ1v) is 6.40. The molecule has 1 aliphatic rings. The van der Waals surface area contributed by atoms with E-state index in [1.54, 1.807) is 19.1 Å². The highest BCUT2D eigenvalue weighted by Gasteiger charge is 2.20. The highest BCUT2D eigenvalue weighted by molar-refractivity contribution is 5.85. The molecule has 1 saturated heterocycles. The molecular formula is C14H20ClFN2O. The molecule has 0 spiro atoms. The van der Waals surface area contributed by atoms with Gasteiger partial charge in [0.2, 0.25) is 5.91 Å². The summed E-state index contributed by atoms with van der Waals surface area (Å²) in [6.45, 7) is 3.96. The molecule has 1 aromatic rings. The van der Waals surface area contributed by atoms with Crippen molar-refractivity contribution >= 4 is 18.3 Å². The minimum Gasteiger partial charge on any atom is -0.352 e. The van der Waals surface area contributed by atoms with Crippen molar-refractivity contribution in [3.05, 3.63) is 35.1 Å². The van der Waals surface area contributed by atoms with Crippen LogP contribution in [0.1, 0.15) is 24.0 Å². The summed E-state index contributed by atoms with van der Waals surface area (Å²) in [5.41, 5.74) is 1.55. The van der Waals surface area contributed by atoms with E-state index in [0.717, 1.165) is 31.5 Å². The zero-order chi connectivity index (χ0) is 13.0. The predicted molar refractivity (Wildman–Crippen MR) is 75.8 cm³/mol. The van der Waals surface area contributed by atoms with Crippen LogP contribution in [-0.2, 0) is 11.3 Å². The average molecular weight is 287 g/mol. The monoisotopic (exact) mass is 286 g/mol. The molecule has 2 N–H and O–H groups in total. The second-order valence-corrected chi connectivity index (χ2v) is 4.84. The van der Waals surface area contributed by atoms with Gasteiger partial charge in [-0.1, -0.05) is 12.1 Å². The lowest BCUT2D eigenvalue weighted by molar-refractivity contribution is -0.125. The van der Waals surface area contributed by atoms with Gasteiger partial charge in [-0.3, -0.25) is 4.79 Å².